The Morgan fingerprint density at radius 2 is 1.57 bits per heavy atom. The predicted octanol–water partition coefficient (Wildman–Crippen LogP) is 4.69. The molecule has 28 heavy (non-hydrogen) atoms. The van der Waals surface area contributed by atoms with Crippen molar-refractivity contribution >= 4 is 0 Å². The lowest BCUT2D eigenvalue weighted by molar-refractivity contribution is 0.302. The molecule has 0 saturated carbocycles. The molecule has 0 fully saturated rings. The zero-order valence-electron chi connectivity index (χ0n) is 16.7. The minimum atomic E-state index is -0.0540. The number of fused-ring (bicyclic) bond motifs is 1. The molecular formula is C26H30N2. The molecule has 0 aromatic heterocycles. The maximum absolute atomic E-state index is 3.93. The van der Waals surface area contributed by atoms with Gasteiger partial charge in [-0.25, -0.2) is 0 Å². The molecule has 0 aliphatic carbocycles. The van der Waals surface area contributed by atoms with Crippen LogP contribution in [0.4, 0.5) is 0 Å². The van der Waals surface area contributed by atoms with Gasteiger partial charge in [-0.05, 0) is 41.6 Å². The molecule has 3 aromatic carbocycles. The van der Waals surface area contributed by atoms with E-state index >= 15 is 0 Å². The Balaban J connectivity index is 1.67. The van der Waals surface area contributed by atoms with Crippen LogP contribution in [0.1, 0.15) is 35.6 Å². The molecule has 0 spiro atoms. The van der Waals surface area contributed by atoms with E-state index in [1.807, 2.05) is 0 Å². The molecule has 3 aromatic rings. The molecule has 2 atom stereocenters. The average Bonchev–Trinajstić information content (AvgIpc) is 2.78. The summed E-state index contributed by atoms with van der Waals surface area (Å²) in [6, 6.07) is 31.1. The second-order valence-corrected chi connectivity index (χ2v) is 7.75. The van der Waals surface area contributed by atoms with Crippen molar-refractivity contribution in [2.75, 3.05) is 13.1 Å². The van der Waals surface area contributed by atoms with E-state index in [2.05, 4.69) is 102 Å². The summed E-state index contributed by atoms with van der Waals surface area (Å²) in [5.74, 6) is 0. The van der Waals surface area contributed by atoms with E-state index in [1.54, 1.807) is 0 Å². The molecule has 4 rings (SSSR count). The van der Waals surface area contributed by atoms with Gasteiger partial charge in [0.25, 0.3) is 0 Å². The van der Waals surface area contributed by atoms with E-state index in [-0.39, 0.29) is 5.41 Å². The third-order valence-corrected chi connectivity index (χ3v) is 6.16. The maximum Gasteiger partial charge on any atom is 0.0483 e. The van der Waals surface area contributed by atoms with E-state index in [1.165, 1.54) is 22.3 Å². The van der Waals surface area contributed by atoms with Crippen molar-refractivity contribution in [3.63, 3.8) is 0 Å². The average molecular weight is 371 g/mol. The Kier molecular flexibility index (Phi) is 5.90. The van der Waals surface area contributed by atoms with Crippen molar-refractivity contribution < 1.29 is 0 Å². The van der Waals surface area contributed by atoms with Crippen molar-refractivity contribution in [2.45, 2.75) is 37.8 Å². The molecule has 2 N–H and O–H groups in total. The third kappa shape index (κ3) is 3.63. The zero-order chi connectivity index (χ0) is 19.2. The van der Waals surface area contributed by atoms with E-state index in [0.29, 0.717) is 6.04 Å². The summed E-state index contributed by atoms with van der Waals surface area (Å²) in [6.07, 6.45) is 2.14. The van der Waals surface area contributed by atoms with Crippen molar-refractivity contribution in [1.82, 2.24) is 10.6 Å². The van der Waals surface area contributed by atoms with Gasteiger partial charge in [0.15, 0.2) is 0 Å². The molecule has 144 valence electrons. The molecule has 0 amide bonds. The van der Waals surface area contributed by atoms with Crippen LogP contribution in [-0.2, 0) is 18.4 Å². The van der Waals surface area contributed by atoms with E-state index < -0.39 is 0 Å². The van der Waals surface area contributed by atoms with Gasteiger partial charge in [0.05, 0.1) is 0 Å². The predicted molar refractivity (Wildman–Crippen MR) is 118 cm³/mol. The topological polar surface area (TPSA) is 24.1 Å². The van der Waals surface area contributed by atoms with Gasteiger partial charge in [-0.1, -0.05) is 91.9 Å². The Morgan fingerprint density at radius 3 is 2.32 bits per heavy atom. The number of hydrogen-bond donors (Lipinski definition) is 2. The molecule has 1 aliphatic rings. The smallest absolute Gasteiger partial charge is 0.0483 e. The van der Waals surface area contributed by atoms with Crippen molar-refractivity contribution in [3.8, 4) is 0 Å². The van der Waals surface area contributed by atoms with Crippen molar-refractivity contribution in [1.29, 1.82) is 0 Å². The maximum atomic E-state index is 3.93. The normalized spacial score (nSPS) is 19.8. The fourth-order valence-corrected chi connectivity index (χ4v) is 4.81. The summed E-state index contributed by atoms with van der Waals surface area (Å²) in [4.78, 5) is 0. The summed E-state index contributed by atoms with van der Waals surface area (Å²) in [6.45, 7) is 5.21. The molecule has 2 unspecified atom stereocenters. The molecule has 1 heterocycles. The standard InChI is InChI=1S/C26H30N2/c1-2-25(28-18-17-21-11-5-3-6-12-21)26(23-14-7-4-8-15-23)20-27-19-22-13-9-10-16-24(22)26/h3-16,25,27-28H,2,17-20H2,1H3. The summed E-state index contributed by atoms with van der Waals surface area (Å²) < 4.78 is 0. The van der Waals surface area contributed by atoms with Gasteiger partial charge in [0, 0.05) is 24.5 Å². The number of nitrogens with one attached hydrogen (secondary N) is 2. The minimum absolute atomic E-state index is 0.0540. The minimum Gasteiger partial charge on any atom is -0.312 e. The van der Waals surface area contributed by atoms with Gasteiger partial charge in [0.1, 0.15) is 0 Å². The lowest BCUT2D eigenvalue weighted by atomic mass is 9.65. The fraction of sp³-hybridized carbons (Fsp3) is 0.308. The van der Waals surface area contributed by atoms with Crippen LogP contribution in [0.3, 0.4) is 0 Å². The Morgan fingerprint density at radius 1 is 0.893 bits per heavy atom. The van der Waals surface area contributed by atoms with Crippen LogP contribution in [0.2, 0.25) is 0 Å². The second kappa shape index (κ2) is 8.72. The van der Waals surface area contributed by atoms with Crippen LogP contribution in [0, 0.1) is 0 Å². The Hall–Kier alpha value is -2.42. The summed E-state index contributed by atoms with van der Waals surface area (Å²) in [5.41, 5.74) is 5.62. The largest absolute Gasteiger partial charge is 0.312 e. The van der Waals surface area contributed by atoms with E-state index in [0.717, 1.165) is 32.5 Å². The van der Waals surface area contributed by atoms with Crippen LogP contribution < -0.4 is 10.6 Å². The Labute approximate surface area is 169 Å². The van der Waals surface area contributed by atoms with Crippen LogP contribution >= 0.6 is 0 Å². The van der Waals surface area contributed by atoms with Gasteiger partial charge in [-0.2, -0.15) is 0 Å². The highest BCUT2D eigenvalue weighted by Gasteiger charge is 2.43. The highest BCUT2D eigenvalue weighted by molar-refractivity contribution is 5.48. The summed E-state index contributed by atoms with van der Waals surface area (Å²) in [5, 5.41) is 7.64. The SMILES string of the molecule is CCC(NCCc1ccccc1)C1(c2ccccc2)CNCc2ccccc21. The molecule has 0 saturated heterocycles. The lowest BCUT2D eigenvalue weighted by Crippen LogP contribution is -2.57. The second-order valence-electron chi connectivity index (χ2n) is 7.75. The number of benzene rings is 3. The highest BCUT2D eigenvalue weighted by atomic mass is 15.0. The first-order valence-corrected chi connectivity index (χ1v) is 10.5. The van der Waals surface area contributed by atoms with Gasteiger partial charge >= 0.3 is 0 Å². The monoisotopic (exact) mass is 370 g/mol. The molecule has 2 nitrogen and oxygen atoms in total. The molecule has 2 heteroatoms. The van der Waals surface area contributed by atoms with Crippen molar-refractivity contribution in [3.05, 3.63) is 107 Å². The molecule has 0 bridgehead atoms. The van der Waals surface area contributed by atoms with Gasteiger partial charge in [0.2, 0.25) is 0 Å². The molecule has 1 aliphatic heterocycles. The Bertz CT molecular complexity index is 875. The first-order valence-electron chi connectivity index (χ1n) is 10.5. The quantitative estimate of drug-likeness (QED) is 0.631. The summed E-state index contributed by atoms with van der Waals surface area (Å²) >= 11 is 0. The lowest BCUT2D eigenvalue weighted by Gasteiger charge is -2.46. The van der Waals surface area contributed by atoms with Gasteiger partial charge < -0.3 is 10.6 Å². The molecular weight excluding hydrogens is 340 g/mol. The number of rotatable bonds is 7. The number of hydrogen-bond acceptors (Lipinski definition) is 2. The zero-order valence-corrected chi connectivity index (χ0v) is 16.7. The molecule has 0 radical (unpaired) electrons. The fourth-order valence-electron chi connectivity index (χ4n) is 4.81. The van der Waals surface area contributed by atoms with Crippen LogP contribution in [0.15, 0.2) is 84.9 Å². The van der Waals surface area contributed by atoms with Crippen LogP contribution in [0.5, 0.6) is 0 Å². The van der Waals surface area contributed by atoms with Crippen LogP contribution in [0.25, 0.3) is 0 Å². The first-order chi connectivity index (χ1) is 13.8. The van der Waals surface area contributed by atoms with Gasteiger partial charge in [-0.3, -0.25) is 0 Å². The van der Waals surface area contributed by atoms with Crippen molar-refractivity contribution in [2.24, 2.45) is 0 Å². The first kappa shape index (κ1) is 18.9. The summed E-state index contributed by atoms with van der Waals surface area (Å²) in [7, 11) is 0. The van der Waals surface area contributed by atoms with E-state index in [4.69, 9.17) is 0 Å². The van der Waals surface area contributed by atoms with Gasteiger partial charge in [-0.15, -0.1) is 0 Å². The van der Waals surface area contributed by atoms with Crippen LogP contribution in [-0.4, -0.2) is 19.1 Å². The van der Waals surface area contributed by atoms with E-state index in [9.17, 15) is 0 Å². The third-order valence-electron chi connectivity index (χ3n) is 6.16. The highest BCUT2D eigenvalue weighted by Crippen LogP contribution is 2.40.